The van der Waals surface area contributed by atoms with Gasteiger partial charge in [0.15, 0.2) is 0 Å². The lowest BCUT2D eigenvalue weighted by molar-refractivity contribution is -0.140. The zero-order valence-electron chi connectivity index (χ0n) is 10.1. The molecule has 16 heavy (non-hydrogen) atoms. The Balaban J connectivity index is 0. The van der Waals surface area contributed by atoms with Crippen LogP contribution in [0, 0.1) is 17.8 Å². The molecule has 0 aromatic heterocycles. The first-order chi connectivity index (χ1) is 7.49. The van der Waals surface area contributed by atoms with Crippen molar-refractivity contribution in [3.05, 3.63) is 0 Å². The first-order valence-corrected chi connectivity index (χ1v) is 5.42. The van der Waals surface area contributed by atoms with Gasteiger partial charge < -0.3 is 10.2 Å². The normalized spacial score (nSPS) is 10.2. The van der Waals surface area contributed by atoms with Crippen LogP contribution in [0.1, 0.15) is 46.5 Å². The number of rotatable bonds is 4. The second-order valence-electron chi connectivity index (χ2n) is 3.12. The van der Waals surface area contributed by atoms with Crippen LogP contribution in [0.15, 0.2) is 0 Å². The first-order valence-electron chi connectivity index (χ1n) is 5.42. The first kappa shape index (κ1) is 16.9. The maximum absolute atomic E-state index is 10.3. The van der Waals surface area contributed by atoms with Crippen molar-refractivity contribution < 1.29 is 19.8 Å². The van der Waals surface area contributed by atoms with Crippen molar-refractivity contribution in [1.29, 1.82) is 0 Å². The molecule has 0 fully saturated rings. The van der Waals surface area contributed by atoms with Gasteiger partial charge in [0.05, 0.1) is 0 Å². The Morgan fingerprint density at radius 2 is 1.75 bits per heavy atom. The van der Waals surface area contributed by atoms with E-state index < -0.39 is 17.9 Å². The van der Waals surface area contributed by atoms with Crippen molar-refractivity contribution in [1.82, 2.24) is 0 Å². The molecule has 0 aromatic rings. The Labute approximate surface area is 96.7 Å². The van der Waals surface area contributed by atoms with Gasteiger partial charge >= 0.3 is 11.9 Å². The average Bonchev–Trinajstić information content (AvgIpc) is 2.19. The van der Waals surface area contributed by atoms with Gasteiger partial charge in [-0.2, -0.15) is 0 Å². The minimum absolute atomic E-state index is 0.292. The molecule has 0 bridgehead atoms. The van der Waals surface area contributed by atoms with E-state index in [-0.39, 0.29) is 0 Å². The molecule has 4 heteroatoms. The molecular formula is C12H20O4. The molecule has 0 rings (SSSR count). The fourth-order valence-electron chi connectivity index (χ4n) is 0.778. The number of aliphatic carboxylic acids is 2. The number of carboxylic acid groups (broad SMARTS) is 2. The molecule has 0 saturated heterocycles. The van der Waals surface area contributed by atoms with Gasteiger partial charge in [-0.25, -0.2) is 0 Å². The lowest BCUT2D eigenvalue weighted by Crippen LogP contribution is -2.09. The molecule has 0 aliphatic rings. The van der Waals surface area contributed by atoms with Gasteiger partial charge in [0.2, 0.25) is 0 Å². The lowest BCUT2D eigenvalue weighted by Gasteiger charge is -1.97. The number of carboxylic acids is 2. The van der Waals surface area contributed by atoms with E-state index in [2.05, 4.69) is 11.8 Å². The molecule has 0 aliphatic heterocycles. The summed E-state index contributed by atoms with van der Waals surface area (Å²) in [6.45, 7) is 5.57. The Bertz CT molecular complexity index is 260. The summed E-state index contributed by atoms with van der Waals surface area (Å²) in [7, 11) is 0. The van der Waals surface area contributed by atoms with Crippen molar-refractivity contribution in [2.75, 3.05) is 0 Å². The molecule has 0 radical (unpaired) electrons. The minimum atomic E-state index is -0.816. The van der Waals surface area contributed by atoms with Crippen LogP contribution in [0.4, 0.5) is 0 Å². The third-order valence-corrected chi connectivity index (χ3v) is 1.62. The van der Waals surface area contributed by atoms with Gasteiger partial charge in [0.25, 0.3) is 0 Å². The zero-order chi connectivity index (χ0) is 13.0. The van der Waals surface area contributed by atoms with E-state index in [9.17, 15) is 9.59 Å². The molecule has 92 valence electrons. The summed E-state index contributed by atoms with van der Waals surface area (Å²) < 4.78 is 0. The Morgan fingerprint density at radius 1 is 1.19 bits per heavy atom. The highest BCUT2D eigenvalue weighted by Crippen LogP contribution is 1.99. The van der Waals surface area contributed by atoms with Crippen LogP contribution in [-0.4, -0.2) is 22.2 Å². The highest BCUT2D eigenvalue weighted by molar-refractivity contribution is 5.73. The summed E-state index contributed by atoms with van der Waals surface area (Å²) in [5.74, 6) is 3.42. The zero-order valence-corrected chi connectivity index (χ0v) is 10.1. The van der Waals surface area contributed by atoms with E-state index in [1.165, 1.54) is 0 Å². The van der Waals surface area contributed by atoms with Gasteiger partial charge in [0, 0.05) is 12.8 Å². The van der Waals surface area contributed by atoms with Crippen molar-refractivity contribution in [3.8, 4) is 11.8 Å². The minimum Gasteiger partial charge on any atom is -0.481 e. The van der Waals surface area contributed by atoms with Crippen LogP contribution in [0.2, 0.25) is 0 Å². The second kappa shape index (κ2) is 11.6. The molecular weight excluding hydrogens is 208 g/mol. The highest BCUT2D eigenvalue weighted by atomic mass is 16.4. The maximum Gasteiger partial charge on any atom is 0.318 e. The Hall–Kier alpha value is -1.50. The van der Waals surface area contributed by atoms with E-state index in [1.54, 1.807) is 0 Å². The standard InChI is InChI=1S/C8H12O2.C4H8O2/c1-3-5-6-7(4-2)8(9)10;1-2-3-4(5)6/h7H,3-4H2,1-2H3,(H,9,10);2-3H2,1H3,(H,5,6). The molecule has 2 N–H and O–H groups in total. The smallest absolute Gasteiger partial charge is 0.318 e. The molecule has 0 aromatic carbocycles. The number of carbonyl (C=O) groups is 2. The predicted molar refractivity (Wildman–Crippen MR) is 62.0 cm³/mol. The van der Waals surface area contributed by atoms with E-state index in [0.717, 1.165) is 12.8 Å². The fourth-order valence-corrected chi connectivity index (χ4v) is 0.778. The second-order valence-corrected chi connectivity index (χ2v) is 3.12. The molecule has 0 saturated carbocycles. The van der Waals surface area contributed by atoms with Gasteiger partial charge in [-0.1, -0.05) is 26.7 Å². The van der Waals surface area contributed by atoms with Crippen LogP contribution >= 0.6 is 0 Å². The third-order valence-electron chi connectivity index (χ3n) is 1.62. The SMILES string of the molecule is CCC#CC(CC)C(=O)O.CCCC(=O)O. The van der Waals surface area contributed by atoms with Crippen LogP contribution in [0.25, 0.3) is 0 Å². The summed E-state index contributed by atoms with van der Waals surface area (Å²) in [5, 5.41) is 16.4. The van der Waals surface area contributed by atoms with Gasteiger partial charge in [-0.15, -0.1) is 5.92 Å². The van der Waals surface area contributed by atoms with E-state index in [1.807, 2.05) is 20.8 Å². The molecule has 1 atom stereocenters. The van der Waals surface area contributed by atoms with Crippen molar-refractivity contribution >= 4 is 11.9 Å². The van der Waals surface area contributed by atoms with Gasteiger partial charge in [-0.3, -0.25) is 9.59 Å². The molecule has 1 unspecified atom stereocenters. The highest BCUT2D eigenvalue weighted by Gasteiger charge is 2.09. The largest absolute Gasteiger partial charge is 0.481 e. The summed E-state index contributed by atoms with van der Waals surface area (Å²) in [6, 6.07) is 0. The maximum atomic E-state index is 10.3. The van der Waals surface area contributed by atoms with Crippen LogP contribution in [-0.2, 0) is 9.59 Å². The quantitative estimate of drug-likeness (QED) is 0.724. The molecule has 0 heterocycles. The summed E-state index contributed by atoms with van der Waals surface area (Å²) >= 11 is 0. The summed E-state index contributed by atoms with van der Waals surface area (Å²) in [5.41, 5.74) is 0. The fraction of sp³-hybridized carbons (Fsp3) is 0.667. The van der Waals surface area contributed by atoms with Crippen LogP contribution < -0.4 is 0 Å². The van der Waals surface area contributed by atoms with Crippen molar-refractivity contribution in [2.45, 2.75) is 46.5 Å². The molecule has 4 nitrogen and oxygen atoms in total. The summed E-state index contributed by atoms with van der Waals surface area (Å²) in [4.78, 5) is 19.9. The molecule has 0 aliphatic carbocycles. The predicted octanol–water partition coefficient (Wildman–Crippen LogP) is 2.38. The average molecular weight is 228 g/mol. The van der Waals surface area contributed by atoms with E-state index in [4.69, 9.17) is 10.2 Å². The summed E-state index contributed by atoms with van der Waals surface area (Å²) in [6.07, 6.45) is 2.33. The Morgan fingerprint density at radius 3 is 1.94 bits per heavy atom. The van der Waals surface area contributed by atoms with Gasteiger partial charge in [-0.05, 0) is 12.8 Å². The molecule has 0 spiro atoms. The third kappa shape index (κ3) is 12.5. The topological polar surface area (TPSA) is 74.6 Å². The monoisotopic (exact) mass is 228 g/mol. The van der Waals surface area contributed by atoms with Crippen molar-refractivity contribution in [3.63, 3.8) is 0 Å². The van der Waals surface area contributed by atoms with Crippen LogP contribution in [0.5, 0.6) is 0 Å². The van der Waals surface area contributed by atoms with E-state index in [0.29, 0.717) is 12.8 Å². The van der Waals surface area contributed by atoms with Crippen molar-refractivity contribution in [2.24, 2.45) is 5.92 Å². The van der Waals surface area contributed by atoms with Crippen LogP contribution in [0.3, 0.4) is 0 Å². The van der Waals surface area contributed by atoms with E-state index >= 15 is 0 Å². The number of hydrogen-bond acceptors (Lipinski definition) is 2. The van der Waals surface area contributed by atoms with Gasteiger partial charge in [0.1, 0.15) is 5.92 Å². The molecule has 0 amide bonds. The number of hydrogen-bond donors (Lipinski definition) is 2. The lowest BCUT2D eigenvalue weighted by atomic mass is 10.1. The Kier molecular flexibility index (Phi) is 12.2.